The summed E-state index contributed by atoms with van der Waals surface area (Å²) in [6, 6.07) is 9.81. The Bertz CT molecular complexity index is 1160. The van der Waals surface area contributed by atoms with Gasteiger partial charge in [0.25, 0.3) is 0 Å². The van der Waals surface area contributed by atoms with Gasteiger partial charge in [-0.2, -0.15) is 29.8 Å². The maximum absolute atomic E-state index is 5.49. The van der Waals surface area contributed by atoms with Crippen molar-refractivity contribution in [3.05, 3.63) is 54.5 Å². The summed E-state index contributed by atoms with van der Waals surface area (Å²) in [5, 5.41) is 15.8. The number of rotatable bonds is 6. The Labute approximate surface area is 178 Å². The summed E-state index contributed by atoms with van der Waals surface area (Å²) in [5.74, 6) is 2.10. The number of nitrogens with one attached hydrogen (secondary N) is 1. The summed E-state index contributed by atoms with van der Waals surface area (Å²) in [5.41, 5.74) is 3.59. The topological polar surface area (TPSA) is 103 Å². The van der Waals surface area contributed by atoms with Gasteiger partial charge in [0, 0.05) is 30.8 Å². The lowest BCUT2D eigenvalue weighted by atomic mass is 10.2. The molecular weight excluding hydrogens is 396 g/mol. The van der Waals surface area contributed by atoms with E-state index in [1.165, 1.54) is 0 Å². The predicted octanol–water partition coefficient (Wildman–Crippen LogP) is 2.04. The number of fused-ring (bicyclic) bond motifs is 1. The first kappa shape index (κ1) is 19.2. The molecular formula is C21H22N8O2. The number of nitrogens with zero attached hydrogens (tertiary/aromatic N) is 7. The van der Waals surface area contributed by atoms with Crippen LogP contribution in [0.4, 0.5) is 11.9 Å². The van der Waals surface area contributed by atoms with Gasteiger partial charge in [0.05, 0.1) is 38.9 Å². The highest BCUT2D eigenvalue weighted by Gasteiger charge is 2.19. The smallest absolute Gasteiger partial charge is 0.230 e. The highest BCUT2D eigenvalue weighted by molar-refractivity contribution is 5.77. The van der Waals surface area contributed by atoms with E-state index < -0.39 is 0 Å². The Kier molecular flexibility index (Phi) is 5.28. The van der Waals surface area contributed by atoms with Gasteiger partial charge in [-0.15, -0.1) is 0 Å². The van der Waals surface area contributed by atoms with Crippen LogP contribution < -0.4 is 15.0 Å². The quantitative estimate of drug-likeness (QED) is 0.504. The molecule has 0 radical (unpaired) electrons. The van der Waals surface area contributed by atoms with E-state index in [1.54, 1.807) is 30.2 Å². The number of aromatic nitrogens is 6. The van der Waals surface area contributed by atoms with Crippen molar-refractivity contribution in [3.8, 4) is 16.9 Å². The molecule has 1 aromatic carbocycles. The average molecular weight is 418 g/mol. The van der Waals surface area contributed by atoms with Gasteiger partial charge in [-0.3, -0.25) is 0 Å². The summed E-state index contributed by atoms with van der Waals surface area (Å²) in [7, 11) is 1.66. The molecule has 3 aromatic heterocycles. The van der Waals surface area contributed by atoms with Crippen molar-refractivity contribution in [2.24, 2.45) is 0 Å². The first-order chi connectivity index (χ1) is 15.3. The fraction of sp³-hybridized carbons (Fsp3) is 0.286. The third kappa shape index (κ3) is 3.97. The Morgan fingerprint density at radius 2 is 1.87 bits per heavy atom. The maximum Gasteiger partial charge on any atom is 0.230 e. The Morgan fingerprint density at radius 1 is 1.03 bits per heavy atom. The van der Waals surface area contributed by atoms with Gasteiger partial charge in [0.15, 0.2) is 5.65 Å². The van der Waals surface area contributed by atoms with Crippen molar-refractivity contribution < 1.29 is 9.47 Å². The molecule has 1 saturated heterocycles. The van der Waals surface area contributed by atoms with Gasteiger partial charge in [-0.25, -0.2) is 0 Å². The third-order valence-corrected chi connectivity index (χ3v) is 5.16. The highest BCUT2D eigenvalue weighted by atomic mass is 16.5. The molecule has 1 aliphatic heterocycles. The number of anilines is 2. The van der Waals surface area contributed by atoms with Crippen molar-refractivity contribution in [2.45, 2.75) is 6.54 Å². The standard InChI is InChI=1S/C21H22N8O2/c1-30-17-4-2-15(3-5-17)12-22-20-27-21(28-8-10-31-11-9-28)26-19-18(14-25-29(19)20)16-6-7-23-24-13-16/h2-7,13-14H,8-12H2,1H3,(H,22,26,27). The van der Waals surface area contributed by atoms with E-state index in [1.807, 2.05) is 30.3 Å². The number of methoxy groups -OCH3 is 1. The van der Waals surface area contributed by atoms with Crippen LogP contribution in [0.3, 0.4) is 0 Å². The summed E-state index contributed by atoms with van der Waals surface area (Å²) in [6.07, 6.45) is 5.15. The van der Waals surface area contributed by atoms with Gasteiger partial charge in [-0.05, 0) is 23.8 Å². The zero-order chi connectivity index (χ0) is 21.0. The van der Waals surface area contributed by atoms with E-state index in [0.717, 1.165) is 35.5 Å². The molecule has 0 unspecified atom stereocenters. The summed E-state index contributed by atoms with van der Waals surface area (Å²) in [4.78, 5) is 11.7. The SMILES string of the molecule is COc1ccc(CNc2nc(N3CCOCC3)nc3c(-c4ccnnc4)cnn23)cc1. The maximum atomic E-state index is 5.49. The number of benzene rings is 1. The van der Waals surface area contributed by atoms with Gasteiger partial charge in [-0.1, -0.05) is 12.1 Å². The summed E-state index contributed by atoms with van der Waals surface area (Å²) >= 11 is 0. The molecule has 0 aliphatic carbocycles. The minimum absolute atomic E-state index is 0.588. The predicted molar refractivity (Wildman–Crippen MR) is 115 cm³/mol. The number of hydrogen-bond acceptors (Lipinski definition) is 9. The second-order valence-electron chi connectivity index (χ2n) is 7.07. The second kappa shape index (κ2) is 8.52. The van der Waals surface area contributed by atoms with Gasteiger partial charge in [0.1, 0.15) is 5.75 Å². The molecule has 0 bridgehead atoms. The van der Waals surface area contributed by atoms with Crippen molar-refractivity contribution >= 4 is 17.5 Å². The molecule has 10 heteroatoms. The lowest BCUT2D eigenvalue weighted by Gasteiger charge is -2.27. The van der Waals surface area contributed by atoms with Crippen molar-refractivity contribution in [3.63, 3.8) is 0 Å². The first-order valence-corrected chi connectivity index (χ1v) is 10.0. The molecule has 0 spiro atoms. The summed E-state index contributed by atoms with van der Waals surface area (Å²) < 4.78 is 12.4. The number of ether oxygens (including phenoxy) is 2. The third-order valence-electron chi connectivity index (χ3n) is 5.16. The first-order valence-electron chi connectivity index (χ1n) is 10.0. The molecule has 158 valence electrons. The van der Waals surface area contributed by atoms with E-state index in [-0.39, 0.29) is 0 Å². The van der Waals surface area contributed by atoms with E-state index in [9.17, 15) is 0 Å². The zero-order valence-corrected chi connectivity index (χ0v) is 17.1. The number of hydrogen-bond donors (Lipinski definition) is 1. The second-order valence-corrected chi connectivity index (χ2v) is 7.07. The van der Waals surface area contributed by atoms with Crippen molar-refractivity contribution in [2.75, 3.05) is 43.6 Å². The molecule has 1 aliphatic rings. The lowest BCUT2D eigenvalue weighted by Crippen LogP contribution is -2.37. The fourth-order valence-corrected chi connectivity index (χ4v) is 3.46. The van der Waals surface area contributed by atoms with Crippen LogP contribution in [0.15, 0.2) is 48.9 Å². The summed E-state index contributed by atoms with van der Waals surface area (Å²) in [6.45, 7) is 3.39. The normalized spacial score (nSPS) is 14.0. The molecule has 4 heterocycles. The van der Waals surface area contributed by atoms with Crippen molar-refractivity contribution in [1.29, 1.82) is 0 Å². The van der Waals surface area contributed by atoms with Gasteiger partial charge >= 0.3 is 0 Å². The van der Waals surface area contributed by atoms with E-state index >= 15 is 0 Å². The van der Waals surface area contributed by atoms with Crippen LogP contribution in [-0.4, -0.2) is 63.2 Å². The molecule has 4 aromatic rings. The Morgan fingerprint density at radius 3 is 2.61 bits per heavy atom. The largest absolute Gasteiger partial charge is 0.497 e. The number of morpholine rings is 1. The van der Waals surface area contributed by atoms with E-state index in [2.05, 4.69) is 25.5 Å². The Hall–Kier alpha value is -3.79. The molecule has 1 N–H and O–H groups in total. The van der Waals surface area contributed by atoms with Crippen LogP contribution in [0.5, 0.6) is 5.75 Å². The molecule has 5 rings (SSSR count). The lowest BCUT2D eigenvalue weighted by molar-refractivity contribution is 0.122. The Balaban J connectivity index is 1.52. The average Bonchev–Trinajstić information content (AvgIpc) is 3.28. The van der Waals surface area contributed by atoms with Crippen LogP contribution in [0.2, 0.25) is 0 Å². The van der Waals surface area contributed by atoms with Gasteiger partial charge < -0.3 is 19.7 Å². The van der Waals surface area contributed by atoms with Crippen LogP contribution in [0.25, 0.3) is 16.8 Å². The van der Waals surface area contributed by atoms with Crippen LogP contribution in [0, 0.1) is 0 Å². The molecule has 10 nitrogen and oxygen atoms in total. The van der Waals surface area contributed by atoms with Crippen LogP contribution in [-0.2, 0) is 11.3 Å². The highest BCUT2D eigenvalue weighted by Crippen LogP contribution is 2.26. The van der Waals surface area contributed by atoms with Crippen LogP contribution >= 0.6 is 0 Å². The van der Waals surface area contributed by atoms with Crippen molar-refractivity contribution in [1.82, 2.24) is 29.8 Å². The molecule has 0 saturated carbocycles. The van der Waals surface area contributed by atoms with E-state index in [4.69, 9.17) is 19.4 Å². The monoisotopic (exact) mass is 418 g/mol. The molecule has 0 amide bonds. The fourth-order valence-electron chi connectivity index (χ4n) is 3.46. The minimum Gasteiger partial charge on any atom is -0.497 e. The van der Waals surface area contributed by atoms with Crippen LogP contribution in [0.1, 0.15) is 5.56 Å². The van der Waals surface area contributed by atoms with Gasteiger partial charge in [0.2, 0.25) is 11.9 Å². The minimum atomic E-state index is 0.588. The zero-order valence-electron chi connectivity index (χ0n) is 17.1. The molecule has 31 heavy (non-hydrogen) atoms. The molecule has 0 atom stereocenters. The van der Waals surface area contributed by atoms with E-state index in [0.29, 0.717) is 37.3 Å². The molecule has 1 fully saturated rings.